The van der Waals surface area contributed by atoms with Gasteiger partial charge in [-0.1, -0.05) is 0 Å². The van der Waals surface area contributed by atoms with Gasteiger partial charge >= 0.3 is 66.4 Å². The van der Waals surface area contributed by atoms with Crippen LogP contribution in [0, 0.1) is 0 Å². The third kappa shape index (κ3) is 115. The zero-order chi connectivity index (χ0) is 4.50. The quantitative estimate of drug-likeness (QED) is 0.394. The molecule has 0 aromatic heterocycles. The van der Waals surface area contributed by atoms with Crippen LogP contribution in [0.3, 0.4) is 0 Å². The van der Waals surface area contributed by atoms with Crippen LogP contribution in [0.5, 0.6) is 0 Å². The van der Waals surface area contributed by atoms with E-state index in [0.29, 0.717) is 0 Å². The molecule has 0 spiro atoms. The second kappa shape index (κ2) is 5.49. The van der Waals surface area contributed by atoms with Crippen LogP contribution < -0.4 is 0 Å². The van der Waals surface area contributed by atoms with E-state index in [1.165, 1.54) is 0 Å². The molecule has 0 aliphatic carbocycles. The minimum atomic E-state index is -5.12. The monoisotopic (exact) mass is 298 g/mol. The average Bonchev–Trinajstić information content (AvgIpc) is 0.722. The molecule has 2 atom stereocenters. The van der Waals surface area contributed by atoms with Gasteiger partial charge in [0.2, 0.25) is 0 Å². The van der Waals surface area contributed by atoms with E-state index in [9.17, 15) is 0 Å². The van der Waals surface area contributed by atoms with E-state index >= 15 is 0 Å². The normalized spacial score (nSPS) is 8.43. The van der Waals surface area contributed by atoms with Crippen molar-refractivity contribution < 1.29 is 16.0 Å². The summed E-state index contributed by atoms with van der Waals surface area (Å²) in [5.74, 6) is 0. The van der Waals surface area contributed by atoms with Crippen LogP contribution in [-0.2, 0) is 3.74 Å². The Morgan fingerprint density at radius 1 is 1.00 bits per heavy atom. The molecule has 4 nitrogen and oxygen atoms in total. The predicted octanol–water partition coefficient (Wildman–Crippen LogP) is -4.54. The first-order valence-electron chi connectivity index (χ1n) is 0.783. The van der Waals surface area contributed by atoms with Gasteiger partial charge in [0.25, 0.3) is 0 Å². The fourth-order valence-electron chi connectivity index (χ4n) is 0. The molecule has 0 bridgehead atoms. The van der Waals surface area contributed by atoms with Crippen molar-refractivity contribution in [3.05, 3.63) is 0 Å². The van der Waals surface area contributed by atoms with Crippen LogP contribution in [0.4, 0.5) is 0 Å². The van der Waals surface area contributed by atoms with Crippen molar-refractivity contribution in [1.29, 1.82) is 0 Å². The Bertz CT molecular complexity index is 53.1. The van der Waals surface area contributed by atoms with Crippen LogP contribution in [0.1, 0.15) is 0 Å². The van der Waals surface area contributed by atoms with Gasteiger partial charge in [-0.2, -0.15) is 0 Å². The van der Waals surface area contributed by atoms with Crippen LogP contribution in [0.15, 0.2) is 0 Å². The van der Waals surface area contributed by atoms with E-state index in [1.807, 2.05) is 0 Å². The molecule has 0 amide bonds. The zero-order valence-electron chi connectivity index (χ0n) is 3.61. The molecule has 7 heavy (non-hydrogen) atoms. The minimum absolute atomic E-state index is 0. The predicted molar refractivity (Wildman–Crippen MR) is 33.0 cm³/mol. The zero-order valence-corrected chi connectivity index (χ0v) is 11.4. The summed E-state index contributed by atoms with van der Waals surface area (Å²) in [4.78, 5) is 0. The molecule has 7 heteroatoms. The Kier molecular flexibility index (Phi) is 12.4. The third-order valence-corrected chi connectivity index (χ3v) is 0. The molecule has 0 fully saturated rings. The van der Waals surface area contributed by atoms with Crippen molar-refractivity contribution in [2.24, 2.45) is 0 Å². The van der Waals surface area contributed by atoms with E-state index in [4.69, 9.17) is 16.0 Å². The van der Waals surface area contributed by atoms with Crippen molar-refractivity contribution in [3.63, 3.8) is 0 Å². The van der Waals surface area contributed by atoms with Crippen molar-refractivity contribution in [3.8, 4) is 0 Å². The molecule has 0 rings (SSSR count). The Hall–Kier alpha value is 1.36. The summed E-state index contributed by atoms with van der Waals surface area (Å²) in [7, 11) is 0. The van der Waals surface area contributed by atoms with Crippen LogP contribution >= 0.6 is 0 Å². The molecule has 0 aliphatic rings. The molecule has 0 saturated heterocycles. The van der Waals surface area contributed by atoms with Gasteiger partial charge in [0.15, 0.2) is 0 Å². The number of hydrogen-bond donors (Lipinski definition) is 3. The van der Waals surface area contributed by atoms with Gasteiger partial charge in [0, 0.05) is 0 Å². The molecular weight excluding hydrogens is 289 g/mol. The summed E-state index contributed by atoms with van der Waals surface area (Å²) < 4.78 is 30.7. The standard InChI is InChI=1S/AsH3O4.2AsH3/c2-1(3,4)5;;/h(H3,2,3,4,5);2*1H3. The summed E-state index contributed by atoms with van der Waals surface area (Å²) in [5.41, 5.74) is 0. The Morgan fingerprint density at radius 2 is 1.00 bits per heavy atom. The fraction of sp³-hybridized carbons (Fsp3) is 0. The first-order valence-corrected chi connectivity index (χ1v) is 4.07. The van der Waals surface area contributed by atoms with E-state index < -0.39 is 14.5 Å². The van der Waals surface area contributed by atoms with Crippen molar-refractivity contribution in [1.82, 2.24) is 0 Å². The Labute approximate surface area is 66.3 Å². The molecule has 0 aliphatic heterocycles. The van der Waals surface area contributed by atoms with Gasteiger partial charge in [-0.3, -0.25) is 0 Å². The first-order chi connectivity index (χ1) is 2.00. The summed E-state index contributed by atoms with van der Waals surface area (Å²) >= 11 is -5.12. The van der Waals surface area contributed by atoms with Crippen LogP contribution in [0.25, 0.3) is 0 Å². The second-order valence-corrected chi connectivity index (χ2v) is 2.67. The molecule has 0 aromatic rings. The molecule has 3 N–H and O–H groups in total. The van der Waals surface area contributed by atoms with Crippen molar-refractivity contribution in [2.45, 2.75) is 0 Å². The van der Waals surface area contributed by atoms with Crippen molar-refractivity contribution in [2.75, 3.05) is 0 Å². The van der Waals surface area contributed by atoms with E-state index in [1.54, 1.807) is 0 Å². The Balaban J connectivity index is -0.0000000800. The van der Waals surface area contributed by atoms with Crippen molar-refractivity contribution >= 4 is 50.4 Å². The summed E-state index contributed by atoms with van der Waals surface area (Å²) in [6, 6.07) is 0. The molecule has 2 unspecified atom stereocenters. The maximum absolute atomic E-state index is 8.94. The number of hydrogen-bond acceptors (Lipinski definition) is 1. The first kappa shape index (κ1) is 15.8. The topological polar surface area (TPSA) is 77.8 Å². The summed E-state index contributed by atoms with van der Waals surface area (Å²) in [6.07, 6.45) is 0. The molecular formula is H9As3O4. The number of rotatable bonds is 0. The average molecular weight is 298 g/mol. The summed E-state index contributed by atoms with van der Waals surface area (Å²) in [6.45, 7) is 0. The van der Waals surface area contributed by atoms with Crippen LogP contribution in [0.2, 0.25) is 0 Å². The van der Waals surface area contributed by atoms with Gasteiger partial charge in [0.05, 0.1) is 0 Å². The Morgan fingerprint density at radius 3 is 1.00 bits per heavy atom. The van der Waals surface area contributed by atoms with Crippen LogP contribution in [-0.4, -0.2) is 62.7 Å². The maximum atomic E-state index is 8.94. The fourth-order valence-corrected chi connectivity index (χ4v) is 0. The second-order valence-electron chi connectivity index (χ2n) is 0.513. The van der Waals surface area contributed by atoms with Gasteiger partial charge in [0.1, 0.15) is 0 Å². The molecule has 0 aromatic carbocycles. The van der Waals surface area contributed by atoms with E-state index in [-0.39, 0.29) is 35.9 Å². The SMILES string of the molecule is O=[As](O)(O)O.[AsH3].[AsH3]. The molecule has 0 heterocycles. The molecule has 0 saturated carbocycles. The van der Waals surface area contributed by atoms with E-state index in [0.717, 1.165) is 0 Å². The van der Waals surface area contributed by atoms with Gasteiger partial charge in [-0.05, 0) is 0 Å². The summed E-state index contributed by atoms with van der Waals surface area (Å²) in [5, 5.41) is 0. The molecule has 48 valence electrons. The third-order valence-electron chi connectivity index (χ3n) is 0. The van der Waals surface area contributed by atoms with E-state index in [2.05, 4.69) is 0 Å². The van der Waals surface area contributed by atoms with Gasteiger partial charge in [-0.25, -0.2) is 0 Å². The van der Waals surface area contributed by atoms with Gasteiger partial charge < -0.3 is 0 Å². The molecule has 0 radical (unpaired) electrons. The van der Waals surface area contributed by atoms with Gasteiger partial charge in [-0.15, -0.1) is 0 Å².